The van der Waals surface area contributed by atoms with E-state index in [1.165, 1.54) is 11.3 Å². The van der Waals surface area contributed by atoms with Crippen molar-refractivity contribution in [1.82, 2.24) is 4.98 Å². The molecule has 0 saturated heterocycles. The highest BCUT2D eigenvalue weighted by molar-refractivity contribution is 7.90. The fourth-order valence-corrected chi connectivity index (χ4v) is 4.47. The van der Waals surface area contributed by atoms with Crippen LogP contribution in [0.1, 0.15) is 23.5 Å². The number of nitrogens with two attached hydrogens (primary N) is 1. The summed E-state index contributed by atoms with van der Waals surface area (Å²) >= 11 is 1.51. The van der Waals surface area contributed by atoms with Crippen LogP contribution in [0.5, 0.6) is 0 Å². The predicted octanol–water partition coefficient (Wildman–Crippen LogP) is 3.80. The number of aromatic nitrogens is 1. The van der Waals surface area contributed by atoms with Gasteiger partial charge < -0.3 is 5.73 Å². The van der Waals surface area contributed by atoms with E-state index in [-0.39, 0.29) is 11.8 Å². The van der Waals surface area contributed by atoms with Gasteiger partial charge in [-0.1, -0.05) is 42.5 Å². The van der Waals surface area contributed by atoms with Gasteiger partial charge in [-0.15, -0.1) is 11.3 Å². The number of hydrogen-bond donors (Lipinski definition) is 1. The molecule has 1 heterocycles. The lowest BCUT2D eigenvalue weighted by Crippen LogP contribution is -2.05. The minimum atomic E-state index is -3.36. The van der Waals surface area contributed by atoms with Gasteiger partial charge in [-0.3, -0.25) is 0 Å². The largest absolute Gasteiger partial charge is 0.322 e. The van der Waals surface area contributed by atoms with E-state index in [2.05, 4.69) is 4.98 Å². The van der Waals surface area contributed by atoms with Crippen LogP contribution in [0.2, 0.25) is 0 Å². The first-order valence-electron chi connectivity index (χ1n) is 7.54. The third kappa shape index (κ3) is 3.72. The second-order valence-electron chi connectivity index (χ2n) is 5.63. The van der Waals surface area contributed by atoms with Crippen molar-refractivity contribution in [3.63, 3.8) is 0 Å². The molecule has 2 aromatic carbocycles. The van der Waals surface area contributed by atoms with Gasteiger partial charge in [0.15, 0.2) is 9.84 Å². The molecular weight excluding hydrogens is 340 g/mol. The zero-order valence-electron chi connectivity index (χ0n) is 13.2. The molecule has 0 spiro atoms. The number of nitrogens with zero attached hydrogens (tertiary/aromatic N) is 1. The maximum Gasteiger partial charge on any atom is 0.182 e. The number of thiazole rings is 1. The maximum atomic E-state index is 12.5. The Morgan fingerprint density at radius 2 is 1.75 bits per heavy atom. The number of sulfone groups is 1. The van der Waals surface area contributed by atoms with Gasteiger partial charge in [-0.25, -0.2) is 13.4 Å². The van der Waals surface area contributed by atoms with E-state index in [0.717, 1.165) is 21.8 Å². The van der Waals surface area contributed by atoms with E-state index in [1.54, 1.807) is 24.3 Å². The summed E-state index contributed by atoms with van der Waals surface area (Å²) in [5.41, 5.74) is 8.31. The monoisotopic (exact) mass is 358 g/mol. The van der Waals surface area contributed by atoms with Crippen LogP contribution in [-0.2, 0) is 15.6 Å². The van der Waals surface area contributed by atoms with E-state index in [1.807, 2.05) is 42.6 Å². The second kappa shape index (κ2) is 6.84. The summed E-state index contributed by atoms with van der Waals surface area (Å²) in [6.45, 7) is 1.89. The molecule has 2 N–H and O–H groups in total. The van der Waals surface area contributed by atoms with Crippen molar-refractivity contribution in [2.45, 2.75) is 23.6 Å². The van der Waals surface area contributed by atoms with E-state index in [4.69, 9.17) is 5.73 Å². The summed E-state index contributed by atoms with van der Waals surface area (Å²) in [6, 6.07) is 15.9. The molecule has 6 heteroatoms. The van der Waals surface area contributed by atoms with Gasteiger partial charge in [0, 0.05) is 10.9 Å². The molecule has 4 nitrogen and oxygen atoms in total. The highest BCUT2D eigenvalue weighted by Crippen LogP contribution is 2.26. The van der Waals surface area contributed by atoms with Crippen molar-refractivity contribution in [2.24, 2.45) is 5.73 Å². The molecule has 3 rings (SSSR count). The Labute approximate surface area is 145 Å². The standard InChI is InChI=1S/C18H18N2O2S2/c1-13(19)18-20-17(11-23-18)15-7-9-16(10-8-15)24(21,22)12-14-5-3-2-4-6-14/h2-11,13H,12,19H2,1H3. The third-order valence-corrected chi connectivity index (χ3v) is 6.37. The van der Waals surface area contributed by atoms with Crippen LogP contribution in [0, 0.1) is 0 Å². The molecule has 0 bridgehead atoms. The lowest BCUT2D eigenvalue weighted by atomic mass is 10.2. The SMILES string of the molecule is CC(N)c1nc(-c2ccc(S(=O)(=O)Cc3ccccc3)cc2)cs1. The molecule has 1 atom stereocenters. The average molecular weight is 358 g/mol. The lowest BCUT2D eigenvalue weighted by molar-refractivity contribution is 0.595. The molecule has 0 amide bonds. The summed E-state index contributed by atoms with van der Waals surface area (Å²) in [5.74, 6) is -0.00127. The normalized spacial score (nSPS) is 12.9. The minimum absolute atomic E-state index is 0.00127. The van der Waals surface area contributed by atoms with Gasteiger partial charge in [0.25, 0.3) is 0 Å². The molecule has 0 fully saturated rings. The highest BCUT2D eigenvalue weighted by atomic mass is 32.2. The van der Waals surface area contributed by atoms with Crippen molar-refractivity contribution in [2.75, 3.05) is 0 Å². The van der Waals surface area contributed by atoms with Crippen LogP contribution in [0.3, 0.4) is 0 Å². The molecular formula is C18H18N2O2S2. The Morgan fingerprint density at radius 3 is 2.33 bits per heavy atom. The van der Waals surface area contributed by atoms with Gasteiger partial charge in [-0.2, -0.15) is 0 Å². The Kier molecular flexibility index (Phi) is 4.80. The van der Waals surface area contributed by atoms with Gasteiger partial charge in [0.05, 0.1) is 22.4 Å². The van der Waals surface area contributed by atoms with Gasteiger partial charge in [-0.05, 0) is 24.6 Å². The third-order valence-electron chi connectivity index (χ3n) is 3.62. The first kappa shape index (κ1) is 16.8. The van der Waals surface area contributed by atoms with Crippen LogP contribution in [-0.4, -0.2) is 13.4 Å². The zero-order chi connectivity index (χ0) is 17.2. The van der Waals surface area contributed by atoms with E-state index in [0.29, 0.717) is 4.90 Å². The van der Waals surface area contributed by atoms with Crippen molar-refractivity contribution < 1.29 is 8.42 Å². The predicted molar refractivity (Wildman–Crippen MR) is 97.5 cm³/mol. The quantitative estimate of drug-likeness (QED) is 0.753. The summed E-state index contributed by atoms with van der Waals surface area (Å²) in [4.78, 5) is 4.80. The van der Waals surface area contributed by atoms with Crippen LogP contribution in [0.4, 0.5) is 0 Å². The smallest absolute Gasteiger partial charge is 0.182 e. The molecule has 0 radical (unpaired) electrons. The van der Waals surface area contributed by atoms with Crippen molar-refractivity contribution in [3.05, 3.63) is 70.5 Å². The number of benzene rings is 2. The van der Waals surface area contributed by atoms with Gasteiger partial charge >= 0.3 is 0 Å². The zero-order valence-corrected chi connectivity index (χ0v) is 14.8. The molecule has 0 saturated carbocycles. The lowest BCUT2D eigenvalue weighted by Gasteiger charge is -2.06. The summed E-state index contributed by atoms with van der Waals surface area (Å²) in [5, 5.41) is 2.80. The first-order valence-corrected chi connectivity index (χ1v) is 10.1. The molecule has 0 aliphatic rings. The fraction of sp³-hybridized carbons (Fsp3) is 0.167. The molecule has 24 heavy (non-hydrogen) atoms. The van der Waals surface area contributed by atoms with E-state index < -0.39 is 9.84 Å². The van der Waals surface area contributed by atoms with Crippen LogP contribution < -0.4 is 5.73 Å². The first-order chi connectivity index (χ1) is 11.5. The molecule has 0 aliphatic carbocycles. The number of rotatable bonds is 5. The second-order valence-corrected chi connectivity index (χ2v) is 8.51. The van der Waals surface area contributed by atoms with Crippen molar-refractivity contribution in [1.29, 1.82) is 0 Å². The Bertz CT molecular complexity index is 915. The topological polar surface area (TPSA) is 73.0 Å². The molecule has 1 unspecified atom stereocenters. The van der Waals surface area contributed by atoms with Crippen molar-refractivity contribution >= 4 is 21.2 Å². The average Bonchev–Trinajstić information content (AvgIpc) is 3.06. The molecule has 0 aliphatic heterocycles. The Balaban J connectivity index is 1.83. The molecule has 1 aromatic heterocycles. The Hall–Kier alpha value is -2.02. The van der Waals surface area contributed by atoms with Crippen LogP contribution >= 0.6 is 11.3 Å². The summed E-state index contributed by atoms with van der Waals surface area (Å²) < 4.78 is 25.0. The van der Waals surface area contributed by atoms with Crippen LogP contribution in [0.15, 0.2) is 64.9 Å². The van der Waals surface area contributed by atoms with Gasteiger partial charge in [0.2, 0.25) is 0 Å². The fourth-order valence-electron chi connectivity index (χ4n) is 2.34. The minimum Gasteiger partial charge on any atom is -0.322 e. The number of hydrogen-bond acceptors (Lipinski definition) is 5. The molecule has 124 valence electrons. The highest BCUT2D eigenvalue weighted by Gasteiger charge is 2.16. The maximum absolute atomic E-state index is 12.5. The Morgan fingerprint density at radius 1 is 1.08 bits per heavy atom. The van der Waals surface area contributed by atoms with E-state index >= 15 is 0 Å². The van der Waals surface area contributed by atoms with Gasteiger partial charge in [0.1, 0.15) is 5.01 Å². The van der Waals surface area contributed by atoms with Crippen LogP contribution in [0.25, 0.3) is 11.3 Å². The summed E-state index contributed by atoms with van der Waals surface area (Å²) in [7, 11) is -3.36. The van der Waals surface area contributed by atoms with E-state index in [9.17, 15) is 8.42 Å². The van der Waals surface area contributed by atoms with Crippen molar-refractivity contribution in [3.8, 4) is 11.3 Å². The summed E-state index contributed by atoms with van der Waals surface area (Å²) in [6.07, 6.45) is 0. The molecule has 3 aromatic rings.